The van der Waals surface area contributed by atoms with Crippen molar-refractivity contribution >= 4 is 26.8 Å². The predicted octanol–water partition coefficient (Wildman–Crippen LogP) is 3.12. The number of benzene rings is 1. The fourth-order valence-electron chi connectivity index (χ4n) is 5.38. The van der Waals surface area contributed by atoms with Crippen molar-refractivity contribution in [3.05, 3.63) is 63.2 Å². The number of ether oxygens (including phenoxy) is 1. The van der Waals surface area contributed by atoms with E-state index in [4.69, 9.17) is 4.74 Å². The first-order chi connectivity index (χ1) is 17.0. The van der Waals surface area contributed by atoms with E-state index in [2.05, 4.69) is 21.8 Å². The van der Waals surface area contributed by atoms with E-state index in [1.54, 1.807) is 17.3 Å². The van der Waals surface area contributed by atoms with Crippen LogP contribution in [0.4, 0.5) is 0 Å². The van der Waals surface area contributed by atoms with Gasteiger partial charge in [-0.2, -0.15) is 0 Å². The fourth-order valence-corrected chi connectivity index (χ4v) is 6.30. The van der Waals surface area contributed by atoms with Gasteiger partial charge in [0.25, 0.3) is 11.5 Å². The van der Waals surface area contributed by atoms with Crippen LogP contribution in [0.3, 0.4) is 0 Å². The van der Waals surface area contributed by atoms with Gasteiger partial charge < -0.3 is 19.6 Å². The zero-order valence-electron chi connectivity index (χ0n) is 21.4. The number of aromatic amines is 1. The molecule has 0 spiro atoms. The fraction of sp³-hybridized carbons (Fsp3) is 0.462. The molecule has 3 heterocycles. The molecule has 0 aliphatic carbocycles. The molecule has 0 saturated carbocycles. The molecular formula is C26H34N4O5S. The third-order valence-corrected chi connectivity index (χ3v) is 8.51. The van der Waals surface area contributed by atoms with Crippen LogP contribution < -0.4 is 15.6 Å². The lowest BCUT2D eigenvalue weighted by Gasteiger charge is -2.35. The predicted molar refractivity (Wildman–Crippen MR) is 140 cm³/mol. The number of carbonyl (C=O) groups excluding carboxylic acids is 1. The van der Waals surface area contributed by atoms with E-state index in [0.29, 0.717) is 35.7 Å². The quantitative estimate of drug-likeness (QED) is 0.503. The molecule has 1 amide bonds. The highest BCUT2D eigenvalue weighted by atomic mass is 32.2. The molecule has 1 fully saturated rings. The summed E-state index contributed by atoms with van der Waals surface area (Å²) in [6.45, 7) is 6.81. The number of nitrogens with one attached hydrogen (secondary N) is 2. The van der Waals surface area contributed by atoms with Crippen LogP contribution in [0.1, 0.15) is 53.1 Å². The highest BCUT2D eigenvalue weighted by Gasteiger charge is 2.32. The number of aromatic nitrogens is 2. The van der Waals surface area contributed by atoms with Gasteiger partial charge in [0.2, 0.25) is 10.0 Å². The molecule has 9 nitrogen and oxygen atoms in total. The molecule has 1 aliphatic heterocycles. The van der Waals surface area contributed by atoms with Crippen molar-refractivity contribution in [3.8, 4) is 5.75 Å². The summed E-state index contributed by atoms with van der Waals surface area (Å²) in [6.07, 6.45) is 2.98. The standard InChI is InChI=1S/C26H34N4O5S/c1-16-13-23(35-4)21(25(31)28-16)14-27-26(32)24-18(3)30(22-11-7-6-10-20(22)24)17(2)19-9-8-12-29(15-19)36(5,33)34/h6-7,10-11,13,17,19H,8-9,12,14-15H2,1-5H3,(H,27,32)(H,28,31). The van der Waals surface area contributed by atoms with Crippen molar-refractivity contribution in [1.29, 1.82) is 0 Å². The number of hydrogen-bond acceptors (Lipinski definition) is 5. The number of rotatable bonds is 7. The summed E-state index contributed by atoms with van der Waals surface area (Å²) in [5, 5.41) is 3.72. The molecule has 2 atom stereocenters. The van der Waals surface area contributed by atoms with Crippen LogP contribution in [0.2, 0.25) is 0 Å². The van der Waals surface area contributed by atoms with Crippen molar-refractivity contribution < 1.29 is 17.9 Å². The Morgan fingerprint density at radius 3 is 2.69 bits per heavy atom. The van der Waals surface area contributed by atoms with E-state index in [9.17, 15) is 18.0 Å². The molecule has 36 heavy (non-hydrogen) atoms. The maximum atomic E-state index is 13.5. The van der Waals surface area contributed by atoms with Crippen LogP contribution in [0.25, 0.3) is 10.9 Å². The Labute approximate surface area is 211 Å². The van der Waals surface area contributed by atoms with E-state index < -0.39 is 10.0 Å². The molecule has 3 aromatic rings. The minimum atomic E-state index is -3.26. The zero-order valence-corrected chi connectivity index (χ0v) is 22.2. The van der Waals surface area contributed by atoms with Gasteiger partial charge in [-0.25, -0.2) is 12.7 Å². The number of methoxy groups -OCH3 is 1. The molecule has 1 saturated heterocycles. The number of piperidine rings is 1. The summed E-state index contributed by atoms with van der Waals surface area (Å²) in [4.78, 5) is 28.7. The van der Waals surface area contributed by atoms with E-state index in [-0.39, 0.29) is 30.0 Å². The van der Waals surface area contributed by atoms with Crippen molar-refractivity contribution in [2.75, 3.05) is 26.5 Å². The molecule has 0 radical (unpaired) electrons. The minimum Gasteiger partial charge on any atom is -0.496 e. The maximum Gasteiger partial charge on any atom is 0.256 e. The summed E-state index contributed by atoms with van der Waals surface area (Å²) in [7, 11) is -1.76. The first kappa shape index (κ1) is 26.0. The number of hydrogen-bond donors (Lipinski definition) is 2. The molecular weight excluding hydrogens is 480 g/mol. The van der Waals surface area contributed by atoms with Crippen LogP contribution in [-0.2, 0) is 16.6 Å². The summed E-state index contributed by atoms with van der Waals surface area (Å²) >= 11 is 0. The van der Waals surface area contributed by atoms with Crippen molar-refractivity contribution in [1.82, 2.24) is 19.2 Å². The average molecular weight is 515 g/mol. The Kier molecular flexibility index (Phi) is 7.28. The monoisotopic (exact) mass is 514 g/mol. The Balaban J connectivity index is 1.67. The van der Waals surface area contributed by atoms with Gasteiger partial charge in [-0.3, -0.25) is 9.59 Å². The Morgan fingerprint density at radius 1 is 1.28 bits per heavy atom. The van der Waals surface area contributed by atoms with Crippen LogP contribution in [0.15, 0.2) is 35.1 Å². The van der Waals surface area contributed by atoms with Gasteiger partial charge in [0.15, 0.2) is 0 Å². The maximum absolute atomic E-state index is 13.5. The molecule has 194 valence electrons. The zero-order chi connectivity index (χ0) is 26.2. The average Bonchev–Trinajstić information content (AvgIpc) is 3.13. The van der Waals surface area contributed by atoms with E-state index in [1.165, 1.54) is 13.4 Å². The lowest BCUT2D eigenvalue weighted by Crippen LogP contribution is -2.41. The number of sulfonamides is 1. The van der Waals surface area contributed by atoms with Crippen molar-refractivity contribution in [2.45, 2.75) is 46.2 Å². The number of para-hydroxylation sites is 1. The van der Waals surface area contributed by atoms with Gasteiger partial charge in [-0.05, 0) is 51.7 Å². The number of carbonyl (C=O) groups is 1. The van der Waals surface area contributed by atoms with Crippen molar-refractivity contribution in [3.63, 3.8) is 0 Å². The second-order valence-electron chi connectivity index (χ2n) is 9.62. The number of amides is 1. The SMILES string of the molecule is COc1cc(C)[nH]c(=O)c1CNC(=O)c1c(C)n(C(C)C2CCCN(S(C)(=O)=O)C2)c2ccccc12. The van der Waals surface area contributed by atoms with Crippen LogP contribution >= 0.6 is 0 Å². The normalized spacial score (nSPS) is 17.8. The number of pyridine rings is 1. The molecule has 1 aliphatic rings. The molecule has 4 rings (SSSR count). The van der Waals surface area contributed by atoms with Crippen LogP contribution in [0, 0.1) is 19.8 Å². The topological polar surface area (TPSA) is 114 Å². The van der Waals surface area contributed by atoms with Gasteiger partial charge in [-0.1, -0.05) is 18.2 Å². The number of nitrogens with zero attached hydrogens (tertiary/aromatic N) is 2. The smallest absolute Gasteiger partial charge is 0.256 e. The lowest BCUT2D eigenvalue weighted by atomic mass is 9.92. The minimum absolute atomic E-state index is 0.0129. The summed E-state index contributed by atoms with van der Waals surface area (Å²) < 4.78 is 33.4. The second kappa shape index (κ2) is 10.1. The molecule has 2 N–H and O–H groups in total. The van der Waals surface area contributed by atoms with E-state index in [0.717, 1.165) is 29.4 Å². The van der Waals surface area contributed by atoms with E-state index >= 15 is 0 Å². The van der Waals surface area contributed by atoms with Crippen LogP contribution in [-0.4, -0.2) is 54.6 Å². The first-order valence-electron chi connectivity index (χ1n) is 12.1. The van der Waals surface area contributed by atoms with Gasteiger partial charge in [0.05, 0.1) is 31.0 Å². The van der Waals surface area contributed by atoms with Gasteiger partial charge in [-0.15, -0.1) is 0 Å². The third-order valence-electron chi connectivity index (χ3n) is 7.24. The summed E-state index contributed by atoms with van der Waals surface area (Å²) in [6, 6.07) is 9.46. The number of fused-ring (bicyclic) bond motifs is 1. The number of aryl methyl sites for hydroxylation is 1. The summed E-state index contributed by atoms with van der Waals surface area (Å²) in [5.41, 5.74) is 3.02. The second-order valence-corrected chi connectivity index (χ2v) is 11.6. The molecule has 10 heteroatoms. The Morgan fingerprint density at radius 2 is 2.00 bits per heavy atom. The molecule has 1 aromatic carbocycles. The molecule has 2 aromatic heterocycles. The van der Waals surface area contributed by atoms with Gasteiger partial charge in [0, 0.05) is 41.4 Å². The lowest BCUT2D eigenvalue weighted by molar-refractivity contribution is 0.0951. The highest BCUT2D eigenvalue weighted by molar-refractivity contribution is 7.88. The first-order valence-corrected chi connectivity index (χ1v) is 14.0. The van der Waals surface area contributed by atoms with Gasteiger partial charge >= 0.3 is 0 Å². The molecule has 2 unspecified atom stereocenters. The Bertz CT molecular complexity index is 1460. The number of H-pyrrole nitrogens is 1. The van der Waals surface area contributed by atoms with Gasteiger partial charge in [0.1, 0.15) is 5.75 Å². The largest absolute Gasteiger partial charge is 0.496 e. The highest BCUT2D eigenvalue weighted by Crippen LogP contribution is 2.35. The van der Waals surface area contributed by atoms with E-state index in [1.807, 2.05) is 31.2 Å². The molecule has 0 bridgehead atoms. The Hall–Kier alpha value is -3.11. The van der Waals surface area contributed by atoms with Crippen molar-refractivity contribution in [2.24, 2.45) is 5.92 Å². The summed E-state index contributed by atoms with van der Waals surface area (Å²) in [5.74, 6) is 0.268. The van der Waals surface area contributed by atoms with Crippen LogP contribution in [0.5, 0.6) is 5.75 Å². The third kappa shape index (κ3) is 4.92.